The summed E-state index contributed by atoms with van der Waals surface area (Å²) in [6.07, 6.45) is 0. The van der Waals surface area contributed by atoms with Gasteiger partial charge in [-0.25, -0.2) is 9.97 Å². The van der Waals surface area contributed by atoms with E-state index in [4.69, 9.17) is 0 Å². The van der Waals surface area contributed by atoms with Gasteiger partial charge in [0, 0.05) is 16.3 Å². The van der Waals surface area contributed by atoms with Crippen LogP contribution in [0.15, 0.2) is 5.03 Å². The Balaban J connectivity index is 2.16. The van der Waals surface area contributed by atoms with E-state index in [1.165, 1.54) is 22.2 Å². The third-order valence-electron chi connectivity index (χ3n) is 3.84. The fraction of sp³-hybridized carbons (Fsp3) is 0.562. The zero-order valence-electron chi connectivity index (χ0n) is 14.0. The number of hydrogen-bond donors (Lipinski definition) is 1. The molecule has 0 aliphatic carbocycles. The van der Waals surface area contributed by atoms with Crippen LogP contribution in [0.1, 0.15) is 37.0 Å². The molecule has 22 heavy (non-hydrogen) atoms. The number of fused-ring (bicyclic) bond motifs is 1. The molecule has 0 fully saturated rings. The number of thiophene rings is 1. The van der Waals surface area contributed by atoms with Crippen LogP contribution in [0.5, 0.6) is 0 Å². The molecule has 0 radical (unpaired) electrons. The summed E-state index contributed by atoms with van der Waals surface area (Å²) in [5, 5.41) is 5.04. The van der Waals surface area contributed by atoms with Crippen LogP contribution >= 0.6 is 23.1 Å². The monoisotopic (exact) mass is 337 g/mol. The van der Waals surface area contributed by atoms with Gasteiger partial charge in [-0.1, -0.05) is 25.6 Å². The summed E-state index contributed by atoms with van der Waals surface area (Å²) in [6.45, 7) is 12.3. The Bertz CT molecular complexity index is 694. The Labute approximate surface area is 140 Å². The molecule has 1 N–H and O–H groups in total. The molecule has 2 rings (SSSR count). The highest BCUT2D eigenvalue weighted by atomic mass is 32.2. The van der Waals surface area contributed by atoms with Gasteiger partial charge in [0.05, 0.1) is 5.75 Å². The summed E-state index contributed by atoms with van der Waals surface area (Å²) in [6, 6.07) is 0.186. The normalized spacial score (nSPS) is 12.9. The van der Waals surface area contributed by atoms with Crippen molar-refractivity contribution in [3.8, 4) is 0 Å². The molecule has 0 saturated carbocycles. The van der Waals surface area contributed by atoms with Crippen molar-refractivity contribution < 1.29 is 4.79 Å². The molecule has 0 aliphatic rings. The van der Waals surface area contributed by atoms with Crippen molar-refractivity contribution in [2.45, 2.75) is 52.6 Å². The topological polar surface area (TPSA) is 54.9 Å². The van der Waals surface area contributed by atoms with Crippen molar-refractivity contribution in [1.82, 2.24) is 15.3 Å². The molecule has 4 nitrogen and oxygen atoms in total. The number of rotatable bonds is 5. The number of nitrogens with one attached hydrogen (secondary N) is 1. The molecular formula is C16H23N3OS2. The van der Waals surface area contributed by atoms with Gasteiger partial charge in [-0.15, -0.1) is 11.3 Å². The Hall–Kier alpha value is -1.14. The van der Waals surface area contributed by atoms with E-state index in [-0.39, 0.29) is 11.9 Å². The van der Waals surface area contributed by atoms with Crippen LogP contribution in [-0.2, 0) is 4.79 Å². The van der Waals surface area contributed by atoms with E-state index >= 15 is 0 Å². The van der Waals surface area contributed by atoms with E-state index in [0.717, 1.165) is 21.1 Å². The molecule has 0 saturated heterocycles. The SMILES string of the molecule is Cc1nc(SCC(=O)NC(C)C(C)C)c2c(C)c(C)sc2n1. The third-order valence-corrected chi connectivity index (χ3v) is 5.91. The predicted molar refractivity (Wildman–Crippen MR) is 94.8 cm³/mol. The van der Waals surface area contributed by atoms with Gasteiger partial charge in [-0.3, -0.25) is 4.79 Å². The quantitative estimate of drug-likeness (QED) is 0.665. The van der Waals surface area contributed by atoms with Crippen LogP contribution in [0.2, 0.25) is 0 Å². The molecule has 2 aromatic heterocycles. The molecule has 0 spiro atoms. The van der Waals surface area contributed by atoms with Gasteiger partial charge in [0.1, 0.15) is 15.7 Å². The molecule has 6 heteroatoms. The molecule has 0 aliphatic heterocycles. The fourth-order valence-electron chi connectivity index (χ4n) is 2.02. The number of carbonyl (C=O) groups is 1. The van der Waals surface area contributed by atoms with E-state index in [1.54, 1.807) is 11.3 Å². The molecule has 0 aromatic carbocycles. The van der Waals surface area contributed by atoms with Crippen LogP contribution in [0.3, 0.4) is 0 Å². The van der Waals surface area contributed by atoms with E-state index in [0.29, 0.717) is 11.7 Å². The average Bonchev–Trinajstić information content (AvgIpc) is 2.71. The zero-order valence-corrected chi connectivity index (χ0v) is 15.6. The van der Waals surface area contributed by atoms with Gasteiger partial charge in [0.15, 0.2) is 0 Å². The van der Waals surface area contributed by atoms with Crippen molar-refractivity contribution in [3.63, 3.8) is 0 Å². The molecule has 0 bridgehead atoms. The second-order valence-corrected chi connectivity index (χ2v) is 8.10. The highest BCUT2D eigenvalue weighted by molar-refractivity contribution is 8.00. The maximum absolute atomic E-state index is 12.1. The van der Waals surface area contributed by atoms with Gasteiger partial charge in [-0.2, -0.15) is 0 Å². The lowest BCUT2D eigenvalue weighted by Gasteiger charge is -2.17. The van der Waals surface area contributed by atoms with Crippen molar-refractivity contribution in [2.24, 2.45) is 5.92 Å². The fourth-order valence-corrected chi connectivity index (χ4v) is 4.10. The lowest BCUT2D eigenvalue weighted by Crippen LogP contribution is -2.37. The standard InChI is InChI=1S/C16H23N3OS2/c1-8(2)10(4)17-13(20)7-21-15-14-9(3)11(5)22-16(14)19-12(6)18-15/h8,10H,7H2,1-6H3,(H,17,20). The van der Waals surface area contributed by atoms with Crippen LogP contribution in [0, 0.1) is 26.7 Å². The summed E-state index contributed by atoms with van der Waals surface area (Å²) in [4.78, 5) is 23.4. The van der Waals surface area contributed by atoms with E-state index in [9.17, 15) is 4.79 Å². The van der Waals surface area contributed by atoms with Crippen LogP contribution in [0.4, 0.5) is 0 Å². The van der Waals surface area contributed by atoms with Gasteiger partial charge < -0.3 is 5.32 Å². The Morgan fingerprint density at radius 3 is 2.55 bits per heavy atom. The van der Waals surface area contributed by atoms with Crippen LogP contribution < -0.4 is 5.32 Å². The average molecular weight is 338 g/mol. The second kappa shape index (κ2) is 6.96. The molecule has 2 heterocycles. The predicted octanol–water partition coefficient (Wildman–Crippen LogP) is 3.87. The molecular weight excluding hydrogens is 314 g/mol. The number of carbonyl (C=O) groups excluding carboxylic acids is 1. The van der Waals surface area contributed by atoms with Crippen molar-refractivity contribution in [1.29, 1.82) is 0 Å². The number of aryl methyl sites for hydroxylation is 3. The van der Waals surface area contributed by atoms with Crippen LogP contribution in [0.25, 0.3) is 10.2 Å². The first kappa shape index (κ1) is 17.2. The van der Waals surface area contributed by atoms with E-state index in [1.807, 2.05) is 13.8 Å². The summed E-state index contributed by atoms with van der Waals surface area (Å²) in [5.41, 5.74) is 1.22. The van der Waals surface area contributed by atoms with Crippen molar-refractivity contribution >= 4 is 39.2 Å². The maximum atomic E-state index is 12.1. The maximum Gasteiger partial charge on any atom is 0.230 e. The first-order valence-electron chi connectivity index (χ1n) is 7.46. The third kappa shape index (κ3) is 3.79. The highest BCUT2D eigenvalue weighted by Gasteiger charge is 2.16. The summed E-state index contributed by atoms with van der Waals surface area (Å²) in [7, 11) is 0. The zero-order chi connectivity index (χ0) is 16.4. The summed E-state index contributed by atoms with van der Waals surface area (Å²) >= 11 is 3.19. The molecule has 120 valence electrons. The number of nitrogens with zero attached hydrogens (tertiary/aromatic N) is 2. The molecule has 1 amide bonds. The Kier molecular flexibility index (Phi) is 5.45. The highest BCUT2D eigenvalue weighted by Crippen LogP contribution is 2.34. The lowest BCUT2D eigenvalue weighted by molar-refractivity contribution is -0.119. The minimum atomic E-state index is 0.0558. The van der Waals surface area contributed by atoms with E-state index in [2.05, 4.69) is 43.0 Å². The number of thioether (sulfide) groups is 1. The minimum Gasteiger partial charge on any atom is -0.353 e. The van der Waals surface area contributed by atoms with Gasteiger partial charge >= 0.3 is 0 Å². The number of amides is 1. The van der Waals surface area contributed by atoms with Crippen LogP contribution in [-0.4, -0.2) is 27.7 Å². The van der Waals surface area contributed by atoms with E-state index < -0.39 is 0 Å². The smallest absolute Gasteiger partial charge is 0.230 e. The minimum absolute atomic E-state index is 0.0558. The molecule has 1 atom stereocenters. The number of aromatic nitrogens is 2. The van der Waals surface area contributed by atoms with Gasteiger partial charge in [0.2, 0.25) is 5.91 Å². The molecule has 1 unspecified atom stereocenters. The lowest BCUT2D eigenvalue weighted by atomic mass is 10.1. The molecule has 2 aromatic rings. The van der Waals surface area contributed by atoms with Gasteiger partial charge in [-0.05, 0) is 39.2 Å². The van der Waals surface area contributed by atoms with Crippen molar-refractivity contribution in [3.05, 3.63) is 16.3 Å². The summed E-state index contributed by atoms with van der Waals surface area (Å²) in [5.74, 6) is 1.63. The Morgan fingerprint density at radius 1 is 1.23 bits per heavy atom. The van der Waals surface area contributed by atoms with Gasteiger partial charge in [0.25, 0.3) is 0 Å². The number of hydrogen-bond acceptors (Lipinski definition) is 5. The largest absolute Gasteiger partial charge is 0.353 e. The summed E-state index contributed by atoms with van der Waals surface area (Å²) < 4.78 is 0. The van der Waals surface area contributed by atoms with Crippen molar-refractivity contribution in [2.75, 3.05) is 5.75 Å². The second-order valence-electron chi connectivity index (χ2n) is 5.93. The first-order chi connectivity index (χ1) is 10.3. The Morgan fingerprint density at radius 2 is 1.91 bits per heavy atom. The first-order valence-corrected chi connectivity index (χ1v) is 9.26.